The molecule has 6 nitrogen and oxygen atoms in total. The molecule has 63 heavy (non-hydrogen) atoms. The van der Waals surface area contributed by atoms with Crippen molar-refractivity contribution in [1.82, 2.24) is 5.32 Å². The Morgan fingerprint density at radius 1 is 0.492 bits per heavy atom. The fourth-order valence-electron chi connectivity index (χ4n) is 7.48. The molecule has 0 fully saturated rings. The van der Waals surface area contributed by atoms with E-state index in [1.165, 1.54) is 122 Å². The van der Waals surface area contributed by atoms with Gasteiger partial charge in [-0.2, -0.15) is 0 Å². The second-order valence-electron chi connectivity index (χ2n) is 17.5. The number of aliphatic hydroxyl groups excluding tert-OH is 2. The number of hydrogen-bond donors (Lipinski definition) is 3. The van der Waals surface area contributed by atoms with Gasteiger partial charge in [-0.3, -0.25) is 9.59 Å². The second-order valence-corrected chi connectivity index (χ2v) is 17.5. The minimum Gasteiger partial charge on any atom is -0.458 e. The average molecular weight is 878 g/mol. The zero-order chi connectivity index (χ0) is 45.9. The molecule has 0 aromatic carbocycles. The lowest BCUT2D eigenvalue weighted by molar-refractivity contribution is -0.148. The third kappa shape index (κ3) is 45.4. The van der Waals surface area contributed by atoms with Crippen molar-refractivity contribution in [3.63, 3.8) is 0 Å². The first-order valence-corrected chi connectivity index (χ1v) is 26.3. The largest absolute Gasteiger partial charge is 0.458 e. The maximum absolute atomic E-state index is 13.2. The molecule has 0 bridgehead atoms. The Balaban J connectivity index is 4.76. The molecule has 0 radical (unpaired) electrons. The number of allylic oxidation sites excluding steroid dienone is 13. The molecule has 6 heteroatoms. The number of aliphatic hydroxyl groups is 2. The number of esters is 1. The number of carbonyl (C=O) groups excluding carboxylic acids is 2. The van der Waals surface area contributed by atoms with Crippen LogP contribution in [0.1, 0.15) is 239 Å². The van der Waals surface area contributed by atoms with Crippen LogP contribution in [0.25, 0.3) is 0 Å². The van der Waals surface area contributed by atoms with Crippen molar-refractivity contribution in [2.24, 2.45) is 0 Å². The Morgan fingerprint density at radius 2 is 0.889 bits per heavy atom. The molecule has 0 aliphatic carbocycles. The first-order chi connectivity index (χ1) is 31.0. The molecule has 0 aromatic rings. The smallest absolute Gasteiger partial charge is 0.306 e. The van der Waals surface area contributed by atoms with E-state index in [1.54, 1.807) is 6.08 Å². The van der Waals surface area contributed by atoms with Crippen LogP contribution in [0.5, 0.6) is 0 Å². The van der Waals surface area contributed by atoms with Crippen LogP contribution in [0.4, 0.5) is 0 Å². The van der Waals surface area contributed by atoms with Crippen LogP contribution in [-0.2, 0) is 14.3 Å². The van der Waals surface area contributed by atoms with Gasteiger partial charge in [-0.05, 0) is 83.1 Å². The van der Waals surface area contributed by atoms with Gasteiger partial charge in [0.1, 0.15) is 6.10 Å². The highest BCUT2D eigenvalue weighted by Gasteiger charge is 2.23. The molecular weight excluding hydrogens is 779 g/mol. The van der Waals surface area contributed by atoms with Crippen LogP contribution >= 0.6 is 0 Å². The topological polar surface area (TPSA) is 95.9 Å². The number of nitrogens with one attached hydrogen (secondary N) is 1. The third-order valence-corrected chi connectivity index (χ3v) is 11.5. The molecule has 0 saturated carbocycles. The number of unbranched alkanes of at least 4 members (excludes halogenated alkanes) is 22. The van der Waals surface area contributed by atoms with E-state index in [-0.39, 0.29) is 24.9 Å². The quantitative estimate of drug-likeness (QED) is 0.0322. The van der Waals surface area contributed by atoms with E-state index >= 15 is 0 Å². The van der Waals surface area contributed by atoms with Gasteiger partial charge >= 0.3 is 5.97 Å². The Kier molecular flexibility index (Phi) is 47.7. The summed E-state index contributed by atoms with van der Waals surface area (Å²) in [5.74, 6) is -0.637. The summed E-state index contributed by atoms with van der Waals surface area (Å²) in [4.78, 5) is 26.1. The SMILES string of the molecule is CC/C=C\C/C=C\C/C=C\C/C=C\C/C=C\C/C=C\C(CC(=O)NC(CO)C(O)CCCCCCCCCCCC)OC(=O)CCCCCCCCC/C=C/CCCCCCCC. The molecular formula is C57H99NO5. The average Bonchev–Trinajstić information content (AvgIpc) is 3.28. The van der Waals surface area contributed by atoms with Crippen molar-refractivity contribution in [2.45, 2.75) is 257 Å². The zero-order valence-corrected chi connectivity index (χ0v) is 41.2. The van der Waals surface area contributed by atoms with Gasteiger partial charge in [0.15, 0.2) is 0 Å². The van der Waals surface area contributed by atoms with Crippen LogP contribution in [0.15, 0.2) is 85.1 Å². The third-order valence-electron chi connectivity index (χ3n) is 11.5. The molecule has 0 aliphatic heterocycles. The van der Waals surface area contributed by atoms with Gasteiger partial charge in [0.25, 0.3) is 0 Å². The Bertz CT molecular complexity index is 1210. The molecule has 3 atom stereocenters. The second kappa shape index (κ2) is 50.0. The zero-order valence-electron chi connectivity index (χ0n) is 41.2. The fraction of sp³-hybridized carbons (Fsp3) is 0.719. The molecule has 1 amide bonds. The lowest BCUT2D eigenvalue weighted by Gasteiger charge is -2.23. The summed E-state index contributed by atoms with van der Waals surface area (Å²) in [7, 11) is 0. The number of hydrogen-bond acceptors (Lipinski definition) is 5. The molecule has 0 spiro atoms. The predicted octanol–water partition coefficient (Wildman–Crippen LogP) is 16.0. The van der Waals surface area contributed by atoms with Crippen LogP contribution in [0.2, 0.25) is 0 Å². The van der Waals surface area contributed by atoms with E-state index in [1.807, 2.05) is 6.08 Å². The van der Waals surface area contributed by atoms with Crippen molar-refractivity contribution in [3.8, 4) is 0 Å². The summed E-state index contributed by atoms with van der Waals surface area (Å²) in [6, 6.07) is -0.746. The van der Waals surface area contributed by atoms with Crippen molar-refractivity contribution in [3.05, 3.63) is 85.1 Å². The van der Waals surface area contributed by atoms with Crippen LogP contribution < -0.4 is 5.32 Å². The van der Waals surface area contributed by atoms with Gasteiger partial charge < -0.3 is 20.3 Å². The van der Waals surface area contributed by atoms with Crippen LogP contribution in [0.3, 0.4) is 0 Å². The molecule has 3 N–H and O–H groups in total. The van der Waals surface area contributed by atoms with Crippen molar-refractivity contribution < 1.29 is 24.5 Å². The van der Waals surface area contributed by atoms with E-state index in [2.05, 4.69) is 99.0 Å². The van der Waals surface area contributed by atoms with Crippen molar-refractivity contribution in [2.75, 3.05) is 6.61 Å². The first-order valence-electron chi connectivity index (χ1n) is 26.3. The molecule has 0 saturated heterocycles. The number of ether oxygens (including phenoxy) is 1. The molecule has 0 rings (SSSR count). The van der Waals surface area contributed by atoms with Gasteiger partial charge in [-0.25, -0.2) is 0 Å². The summed E-state index contributed by atoms with van der Waals surface area (Å²) in [5, 5.41) is 23.7. The lowest BCUT2D eigenvalue weighted by atomic mass is 10.0. The summed E-state index contributed by atoms with van der Waals surface area (Å²) in [5.41, 5.74) is 0. The van der Waals surface area contributed by atoms with Crippen molar-refractivity contribution in [1.29, 1.82) is 0 Å². The van der Waals surface area contributed by atoms with Gasteiger partial charge in [0, 0.05) is 6.42 Å². The van der Waals surface area contributed by atoms with Gasteiger partial charge in [-0.15, -0.1) is 0 Å². The summed E-state index contributed by atoms with van der Waals surface area (Å²) >= 11 is 0. The lowest BCUT2D eigenvalue weighted by Crippen LogP contribution is -2.46. The van der Waals surface area contributed by atoms with Crippen molar-refractivity contribution >= 4 is 11.9 Å². The summed E-state index contributed by atoms with van der Waals surface area (Å²) in [6.45, 7) is 6.31. The van der Waals surface area contributed by atoms with E-state index in [9.17, 15) is 19.8 Å². The highest BCUT2D eigenvalue weighted by Crippen LogP contribution is 2.15. The summed E-state index contributed by atoms with van der Waals surface area (Å²) in [6.07, 6.45) is 65.3. The van der Waals surface area contributed by atoms with E-state index in [0.29, 0.717) is 19.3 Å². The van der Waals surface area contributed by atoms with E-state index in [4.69, 9.17) is 4.74 Å². The maximum Gasteiger partial charge on any atom is 0.306 e. The van der Waals surface area contributed by atoms with Crippen LogP contribution in [0, 0.1) is 0 Å². The van der Waals surface area contributed by atoms with Gasteiger partial charge in [0.05, 0.1) is 25.2 Å². The molecule has 0 aliphatic rings. The first kappa shape index (κ1) is 60.0. The minimum atomic E-state index is -0.823. The monoisotopic (exact) mass is 878 g/mol. The minimum absolute atomic E-state index is 0.0520. The van der Waals surface area contributed by atoms with E-state index < -0.39 is 18.2 Å². The number of rotatable bonds is 46. The molecule has 0 aromatic heterocycles. The highest BCUT2D eigenvalue weighted by molar-refractivity contribution is 5.78. The molecule has 3 unspecified atom stereocenters. The van der Waals surface area contributed by atoms with Gasteiger partial charge in [0.2, 0.25) is 5.91 Å². The standard InChI is InChI=1S/C57H99NO5/c1-4-7-10-13-16-19-22-24-26-28-30-32-34-36-39-42-45-48-53(51-56(61)58-54(52-59)55(60)49-46-43-40-37-21-18-15-12-9-6-3)63-57(62)50-47-44-41-38-35-33-31-29-27-25-23-20-17-14-11-8-5-2/h7,10,16,19,24-27,30,32,36,39,45,48,53-55,59-60H,4-6,8-9,11-15,17-18,20-23,28-29,31,33-35,37-38,40-44,46-47,49-52H2,1-3H3,(H,58,61)/b10-7-,19-16-,26-24-,27-25+,32-30-,39-36-,48-45-. The fourth-order valence-corrected chi connectivity index (χ4v) is 7.48. The normalized spacial score (nSPS) is 13.9. The highest BCUT2D eigenvalue weighted by atomic mass is 16.5. The summed E-state index contributed by atoms with van der Waals surface area (Å²) < 4.78 is 5.83. The molecule has 0 heterocycles. The van der Waals surface area contributed by atoms with Crippen LogP contribution in [-0.4, -0.2) is 46.9 Å². The predicted molar refractivity (Wildman–Crippen MR) is 273 cm³/mol. The number of amides is 1. The van der Waals surface area contributed by atoms with Gasteiger partial charge in [-0.1, -0.05) is 228 Å². The Morgan fingerprint density at radius 3 is 1.33 bits per heavy atom. The van der Waals surface area contributed by atoms with E-state index in [0.717, 1.165) is 70.6 Å². The Labute approximate surface area is 389 Å². The molecule has 362 valence electrons. The Hall–Kier alpha value is -2.96. The maximum atomic E-state index is 13.2. The number of carbonyl (C=O) groups is 2.